The van der Waals surface area contributed by atoms with Gasteiger partial charge in [0.25, 0.3) is 5.91 Å². The Labute approximate surface area is 269 Å². The second-order valence-electron chi connectivity index (χ2n) is 13.4. The molecule has 0 fully saturated rings. The molecule has 2 aromatic rings. The van der Waals surface area contributed by atoms with E-state index in [-0.39, 0.29) is 29.7 Å². The summed E-state index contributed by atoms with van der Waals surface area (Å²) in [4.78, 5) is 39.5. The summed E-state index contributed by atoms with van der Waals surface area (Å²) in [5.41, 5.74) is 1.13. The van der Waals surface area contributed by atoms with Gasteiger partial charge in [0.2, 0.25) is 11.8 Å². The van der Waals surface area contributed by atoms with Crippen LogP contribution >= 0.6 is 0 Å². The third-order valence-electron chi connectivity index (χ3n) is 8.36. The summed E-state index contributed by atoms with van der Waals surface area (Å²) in [5.74, 6) is 0.863. The van der Waals surface area contributed by atoms with E-state index in [1.54, 1.807) is 33.8 Å². The molecule has 0 bridgehead atoms. The van der Waals surface area contributed by atoms with Gasteiger partial charge in [-0.3, -0.25) is 14.4 Å². The minimum atomic E-state index is -0.768. The van der Waals surface area contributed by atoms with Gasteiger partial charge in [0.05, 0.1) is 25.5 Å². The van der Waals surface area contributed by atoms with E-state index in [2.05, 4.69) is 55.6 Å². The Bertz CT molecular complexity index is 1220. The predicted octanol–water partition coefficient (Wildman–Crippen LogP) is 4.66. The van der Waals surface area contributed by atoms with Crippen LogP contribution in [0.1, 0.15) is 99.4 Å². The zero-order chi connectivity index (χ0) is 33.8. The number of nitrogens with one attached hydrogen (secondary N) is 2. The summed E-state index contributed by atoms with van der Waals surface area (Å²) >= 11 is 0. The van der Waals surface area contributed by atoms with E-state index >= 15 is 0 Å². The quantitative estimate of drug-likeness (QED) is 0.230. The molecule has 2 rings (SSSR count). The van der Waals surface area contributed by atoms with Crippen LogP contribution in [0, 0.1) is 11.8 Å². The molecule has 1 heterocycles. The van der Waals surface area contributed by atoms with Gasteiger partial charge >= 0.3 is 0 Å². The molecule has 252 valence electrons. The third-order valence-corrected chi connectivity index (χ3v) is 8.36. The molecular formula is C34H56N6O5. The molecule has 3 atom stereocenters. The Morgan fingerprint density at radius 2 is 1.69 bits per heavy atom. The number of carbonyl (C=O) groups excluding carboxylic acids is 3. The molecule has 1 aromatic carbocycles. The summed E-state index contributed by atoms with van der Waals surface area (Å²) in [6.45, 7) is 22.4. The van der Waals surface area contributed by atoms with Crippen LogP contribution in [0.3, 0.4) is 0 Å². The molecule has 1 aromatic heterocycles. The largest absolute Gasteiger partial charge is 0.484 e. The predicted molar refractivity (Wildman–Crippen MR) is 176 cm³/mol. The lowest BCUT2D eigenvalue weighted by atomic mass is 9.71. The van der Waals surface area contributed by atoms with Gasteiger partial charge in [-0.1, -0.05) is 65.3 Å². The standard InChI is InChI=1S/C34H56N6O5/c1-11-18-40(26(5)41)31(32(43)36-33(6,7)8)27-13-15-28(16-14-27)45-23-30(42)35-17-20-44-21-19-39-22-29(37-38-39)34(9,10)25(4)24(3)12-2/h13-16,22,24-25,31H,11-12,17-21,23H2,1-10H3,(H,35,42)(H,36,43). The smallest absolute Gasteiger partial charge is 0.258 e. The van der Waals surface area contributed by atoms with Gasteiger partial charge in [-0.15, -0.1) is 5.10 Å². The van der Waals surface area contributed by atoms with Gasteiger partial charge in [0.1, 0.15) is 11.8 Å². The molecule has 0 aliphatic carbocycles. The number of benzene rings is 1. The maximum Gasteiger partial charge on any atom is 0.258 e. The van der Waals surface area contributed by atoms with Crippen molar-refractivity contribution in [1.82, 2.24) is 30.5 Å². The Morgan fingerprint density at radius 1 is 1.02 bits per heavy atom. The van der Waals surface area contributed by atoms with E-state index in [9.17, 15) is 14.4 Å². The maximum atomic E-state index is 13.2. The van der Waals surface area contributed by atoms with Crippen molar-refractivity contribution < 1.29 is 23.9 Å². The van der Waals surface area contributed by atoms with Crippen molar-refractivity contribution in [2.45, 2.75) is 106 Å². The highest BCUT2D eigenvalue weighted by atomic mass is 16.5. The van der Waals surface area contributed by atoms with Crippen LogP contribution in [0.25, 0.3) is 0 Å². The summed E-state index contributed by atoms with van der Waals surface area (Å²) < 4.78 is 13.1. The molecule has 3 amide bonds. The van der Waals surface area contributed by atoms with Crippen LogP contribution < -0.4 is 15.4 Å². The minimum Gasteiger partial charge on any atom is -0.484 e. The van der Waals surface area contributed by atoms with Crippen molar-refractivity contribution in [3.05, 3.63) is 41.7 Å². The second-order valence-corrected chi connectivity index (χ2v) is 13.4. The fraction of sp³-hybridized carbons (Fsp3) is 0.676. The van der Waals surface area contributed by atoms with Gasteiger partial charge < -0.3 is 25.0 Å². The first-order valence-electron chi connectivity index (χ1n) is 16.2. The van der Waals surface area contributed by atoms with Crippen LogP contribution in [-0.2, 0) is 31.1 Å². The van der Waals surface area contributed by atoms with E-state index in [1.807, 2.05) is 33.9 Å². The number of aromatic nitrogens is 3. The molecule has 0 aliphatic heterocycles. The molecule has 11 heteroatoms. The molecule has 2 N–H and O–H groups in total. The van der Waals surface area contributed by atoms with Gasteiger partial charge in [-0.25, -0.2) is 4.68 Å². The topological polar surface area (TPSA) is 128 Å². The lowest BCUT2D eigenvalue weighted by Gasteiger charge is -2.33. The average molecular weight is 629 g/mol. The fourth-order valence-corrected chi connectivity index (χ4v) is 5.09. The summed E-state index contributed by atoms with van der Waals surface area (Å²) in [5, 5.41) is 14.5. The molecule has 45 heavy (non-hydrogen) atoms. The SMILES string of the molecule is CCCN(C(C)=O)C(C(=O)NC(C)(C)C)c1ccc(OCC(=O)NCCOCCn2cc(C(C)(C)C(C)C(C)CC)nn2)cc1. The van der Waals surface area contributed by atoms with Gasteiger partial charge in [0.15, 0.2) is 6.61 Å². The molecule has 0 saturated carbocycles. The number of amides is 3. The highest BCUT2D eigenvalue weighted by Gasteiger charge is 2.34. The number of hydrogen-bond donors (Lipinski definition) is 2. The molecule has 0 saturated heterocycles. The van der Waals surface area contributed by atoms with Crippen LogP contribution in [0.15, 0.2) is 30.5 Å². The molecule has 3 unspecified atom stereocenters. The van der Waals surface area contributed by atoms with E-state index in [4.69, 9.17) is 9.47 Å². The Hall–Kier alpha value is -3.47. The van der Waals surface area contributed by atoms with Crippen molar-refractivity contribution >= 4 is 17.7 Å². The fourth-order valence-electron chi connectivity index (χ4n) is 5.09. The van der Waals surface area contributed by atoms with Crippen molar-refractivity contribution in [3.63, 3.8) is 0 Å². The monoisotopic (exact) mass is 628 g/mol. The molecule has 0 radical (unpaired) electrons. The van der Waals surface area contributed by atoms with Crippen LogP contribution in [-0.4, -0.2) is 76.1 Å². The Kier molecular flexibility index (Phi) is 14.5. The van der Waals surface area contributed by atoms with E-state index < -0.39 is 11.6 Å². The summed E-state index contributed by atoms with van der Waals surface area (Å²) in [6.07, 6.45) is 3.85. The van der Waals surface area contributed by atoms with Crippen molar-refractivity contribution in [1.29, 1.82) is 0 Å². The number of carbonyl (C=O) groups is 3. The number of rotatable bonds is 18. The van der Waals surface area contributed by atoms with Crippen molar-refractivity contribution in [3.8, 4) is 5.75 Å². The van der Waals surface area contributed by atoms with Gasteiger partial charge in [-0.2, -0.15) is 0 Å². The van der Waals surface area contributed by atoms with E-state index in [0.717, 1.165) is 18.5 Å². The van der Waals surface area contributed by atoms with Crippen molar-refractivity contribution in [2.24, 2.45) is 11.8 Å². The van der Waals surface area contributed by atoms with Gasteiger partial charge in [-0.05, 0) is 56.7 Å². The first-order chi connectivity index (χ1) is 21.1. The normalized spacial score (nSPS) is 13.9. The lowest BCUT2D eigenvalue weighted by Crippen LogP contribution is -2.49. The first-order valence-corrected chi connectivity index (χ1v) is 16.2. The second kappa shape index (κ2) is 17.3. The highest BCUT2D eigenvalue weighted by Crippen LogP contribution is 2.36. The van der Waals surface area contributed by atoms with Crippen LogP contribution in [0.2, 0.25) is 0 Å². The zero-order valence-corrected chi connectivity index (χ0v) is 29.1. The molecule has 11 nitrogen and oxygen atoms in total. The average Bonchev–Trinajstić information content (AvgIpc) is 3.46. The minimum absolute atomic E-state index is 0.0702. The van der Waals surface area contributed by atoms with Crippen molar-refractivity contribution in [2.75, 3.05) is 32.9 Å². The summed E-state index contributed by atoms with van der Waals surface area (Å²) in [7, 11) is 0. The Morgan fingerprint density at radius 3 is 2.27 bits per heavy atom. The maximum absolute atomic E-state index is 13.2. The van der Waals surface area contributed by atoms with Crippen LogP contribution in [0.5, 0.6) is 5.75 Å². The number of nitrogens with zero attached hydrogens (tertiary/aromatic N) is 4. The Balaban J connectivity index is 1.80. The van der Waals surface area contributed by atoms with Crippen LogP contribution in [0.4, 0.5) is 0 Å². The number of hydrogen-bond acceptors (Lipinski definition) is 7. The third kappa shape index (κ3) is 11.8. The molecule has 0 spiro atoms. The summed E-state index contributed by atoms with van der Waals surface area (Å²) in [6, 6.07) is 6.15. The van der Waals surface area contributed by atoms with E-state index in [0.29, 0.717) is 56.0 Å². The molecule has 0 aliphatic rings. The van der Waals surface area contributed by atoms with Gasteiger partial charge in [0, 0.05) is 37.2 Å². The molecular weight excluding hydrogens is 572 g/mol. The highest BCUT2D eigenvalue weighted by molar-refractivity contribution is 5.88. The zero-order valence-electron chi connectivity index (χ0n) is 29.1. The van der Waals surface area contributed by atoms with E-state index in [1.165, 1.54) is 6.92 Å². The lowest BCUT2D eigenvalue weighted by molar-refractivity contribution is -0.140. The first kappa shape index (κ1) is 37.7. The number of ether oxygens (including phenoxy) is 2.